The summed E-state index contributed by atoms with van der Waals surface area (Å²) in [4.78, 5) is 51.5. The van der Waals surface area contributed by atoms with E-state index in [-0.39, 0.29) is 49.5 Å². The van der Waals surface area contributed by atoms with Crippen LogP contribution < -0.4 is 30.9 Å². The summed E-state index contributed by atoms with van der Waals surface area (Å²) in [6.45, 7) is 0.119. The third kappa shape index (κ3) is 8.26. The summed E-state index contributed by atoms with van der Waals surface area (Å²) in [6, 6.07) is 4.82. The van der Waals surface area contributed by atoms with Gasteiger partial charge in [0.15, 0.2) is 5.75 Å². The molecule has 0 saturated carbocycles. The van der Waals surface area contributed by atoms with Crippen molar-refractivity contribution in [2.24, 2.45) is 0 Å². The van der Waals surface area contributed by atoms with Crippen LogP contribution in [0.15, 0.2) is 30.3 Å². The molecule has 2 heterocycles. The van der Waals surface area contributed by atoms with Crippen molar-refractivity contribution in [3.63, 3.8) is 0 Å². The number of anilines is 2. The van der Waals surface area contributed by atoms with Crippen LogP contribution in [0.1, 0.15) is 23.5 Å². The number of carbonyl (C=O) groups excluding carboxylic acids is 4. The van der Waals surface area contributed by atoms with E-state index in [9.17, 15) is 28.0 Å². The molecule has 5 amide bonds. The van der Waals surface area contributed by atoms with Crippen LogP contribution in [0.5, 0.6) is 5.75 Å². The van der Waals surface area contributed by atoms with Crippen LogP contribution in [0.25, 0.3) is 0 Å². The molecule has 1 fully saturated rings. The topological polar surface area (TPSA) is 138 Å². The van der Waals surface area contributed by atoms with Gasteiger partial charge < -0.3 is 35.6 Å². The summed E-state index contributed by atoms with van der Waals surface area (Å²) in [5, 5.41) is 10.1. The Morgan fingerprint density at radius 3 is 2.58 bits per heavy atom. The zero-order valence-electron chi connectivity index (χ0n) is 20.4. The Kier molecular flexibility index (Phi) is 10.2. The minimum atomic E-state index is -3.19. The number of urea groups is 1. The maximum atomic E-state index is 13.1. The lowest BCUT2D eigenvalue weighted by molar-refractivity contribution is -0.125. The summed E-state index contributed by atoms with van der Waals surface area (Å²) in [6.07, 6.45) is 0. The number of halogens is 3. The van der Waals surface area contributed by atoms with Crippen molar-refractivity contribution in [2.45, 2.75) is 32.5 Å². The molecule has 11 nitrogen and oxygen atoms in total. The normalized spacial score (nSPS) is 14.3. The predicted molar refractivity (Wildman–Crippen MR) is 137 cm³/mol. The monoisotopic (exact) mass is 573 g/mol. The molecule has 2 aromatic rings. The fourth-order valence-electron chi connectivity index (χ4n) is 3.40. The number of benzene rings is 1. The average Bonchev–Trinajstić information content (AvgIpc) is 3.28. The summed E-state index contributed by atoms with van der Waals surface area (Å²) in [5.74, 6) is -2.02. The quantitative estimate of drug-likeness (QED) is 0.345. The van der Waals surface area contributed by atoms with E-state index in [0.717, 1.165) is 17.4 Å². The third-order valence-corrected chi connectivity index (χ3v) is 6.26. The van der Waals surface area contributed by atoms with E-state index < -0.39 is 36.4 Å². The van der Waals surface area contributed by atoms with Crippen molar-refractivity contribution in [1.82, 2.24) is 16.0 Å². The van der Waals surface area contributed by atoms with Crippen molar-refractivity contribution in [3.05, 3.63) is 39.5 Å². The summed E-state index contributed by atoms with van der Waals surface area (Å²) in [5.41, 5.74) is 0.145. The Balaban J connectivity index is 1.77. The number of thiophene rings is 1. The third-order valence-electron chi connectivity index (χ3n) is 5.03. The van der Waals surface area contributed by atoms with Crippen LogP contribution in [0.4, 0.5) is 25.0 Å². The Morgan fingerprint density at radius 1 is 1.18 bits per heavy atom. The van der Waals surface area contributed by atoms with E-state index in [4.69, 9.17) is 16.3 Å². The number of morpholine rings is 1. The molecule has 0 radical (unpaired) electrons. The van der Waals surface area contributed by atoms with Crippen LogP contribution in [0.2, 0.25) is 4.34 Å². The van der Waals surface area contributed by atoms with Gasteiger partial charge in [-0.3, -0.25) is 14.4 Å². The molecule has 1 saturated heterocycles. The summed E-state index contributed by atoms with van der Waals surface area (Å²) in [7, 11) is 0. The molecule has 0 unspecified atom stereocenters. The van der Waals surface area contributed by atoms with Gasteiger partial charge in [0.1, 0.15) is 12.6 Å². The molecule has 1 aromatic heterocycles. The fraction of sp³-hybridized carbons (Fsp3) is 0.391. The number of nitrogens with zero attached hydrogens (tertiary/aromatic N) is 1. The van der Waals surface area contributed by atoms with Crippen molar-refractivity contribution < 1.29 is 37.4 Å². The highest BCUT2D eigenvalue weighted by Gasteiger charge is 2.26. The zero-order chi connectivity index (χ0) is 27.8. The van der Waals surface area contributed by atoms with Gasteiger partial charge in [0, 0.05) is 30.9 Å². The van der Waals surface area contributed by atoms with Crippen molar-refractivity contribution in [2.75, 3.05) is 36.5 Å². The molecule has 1 atom stereocenters. The molecule has 206 valence electrons. The first-order valence-corrected chi connectivity index (χ1v) is 12.6. The molecule has 1 aliphatic rings. The van der Waals surface area contributed by atoms with Gasteiger partial charge in [-0.05, 0) is 38.1 Å². The van der Waals surface area contributed by atoms with Crippen LogP contribution in [-0.2, 0) is 14.3 Å². The lowest BCUT2D eigenvalue weighted by Gasteiger charge is -2.28. The van der Waals surface area contributed by atoms with Gasteiger partial charge in [-0.15, -0.1) is 11.3 Å². The van der Waals surface area contributed by atoms with Gasteiger partial charge in [0.2, 0.25) is 5.91 Å². The van der Waals surface area contributed by atoms with Gasteiger partial charge in [-0.1, -0.05) is 11.6 Å². The SMILES string of the molecule is CC(C)NC(=O)N[C@H](CNC(=O)c1ccc(Cl)s1)C(=O)Nc1ccc(N2CCOCC2=O)c(OC(F)F)c1. The molecule has 1 aliphatic heterocycles. The Morgan fingerprint density at radius 2 is 1.95 bits per heavy atom. The lowest BCUT2D eigenvalue weighted by Crippen LogP contribution is -2.54. The van der Waals surface area contributed by atoms with Crippen molar-refractivity contribution in [3.8, 4) is 5.75 Å². The maximum absolute atomic E-state index is 13.1. The molecular formula is C23H26ClF2N5O6S. The number of hydrogen-bond acceptors (Lipinski definition) is 7. The summed E-state index contributed by atoms with van der Waals surface area (Å²) >= 11 is 6.90. The molecule has 15 heteroatoms. The van der Waals surface area contributed by atoms with Gasteiger partial charge in [-0.25, -0.2) is 4.79 Å². The van der Waals surface area contributed by atoms with Gasteiger partial charge in [0.25, 0.3) is 11.8 Å². The number of nitrogens with one attached hydrogen (secondary N) is 4. The van der Waals surface area contributed by atoms with E-state index in [0.29, 0.717) is 9.21 Å². The number of amides is 5. The van der Waals surface area contributed by atoms with E-state index in [1.807, 2.05) is 0 Å². The highest BCUT2D eigenvalue weighted by molar-refractivity contribution is 7.18. The van der Waals surface area contributed by atoms with Crippen LogP contribution in [0.3, 0.4) is 0 Å². The molecule has 38 heavy (non-hydrogen) atoms. The standard InChI is InChI=1S/C23H26ClF2N5O6S/c1-12(2)28-23(35)30-14(10-27-21(34)17-5-6-18(24)38-17)20(33)29-13-3-4-15(16(9-13)37-22(25)26)31-7-8-36-11-19(31)32/h3-6,9,12,14,22H,7-8,10-11H2,1-2H3,(H,27,34)(H,29,33)(H2,28,30,35)/t14-/m1/s1. The number of hydrogen-bond donors (Lipinski definition) is 4. The van der Waals surface area contributed by atoms with Gasteiger partial charge >= 0.3 is 12.6 Å². The van der Waals surface area contributed by atoms with Crippen LogP contribution >= 0.6 is 22.9 Å². The first kappa shape index (κ1) is 29.1. The second-order valence-corrected chi connectivity index (χ2v) is 10.0. The molecule has 0 spiro atoms. The predicted octanol–water partition coefficient (Wildman–Crippen LogP) is 2.81. The second kappa shape index (κ2) is 13.3. The number of rotatable bonds is 10. The first-order valence-electron chi connectivity index (χ1n) is 11.4. The Bertz CT molecular complexity index is 1180. The van der Waals surface area contributed by atoms with Gasteiger partial charge in [-0.2, -0.15) is 8.78 Å². The maximum Gasteiger partial charge on any atom is 0.387 e. The smallest absolute Gasteiger partial charge is 0.387 e. The van der Waals surface area contributed by atoms with Gasteiger partial charge in [0.05, 0.1) is 21.5 Å². The van der Waals surface area contributed by atoms with Crippen molar-refractivity contribution >= 4 is 58.1 Å². The van der Waals surface area contributed by atoms with E-state index in [2.05, 4.69) is 26.0 Å². The molecule has 0 aliphatic carbocycles. The Hall–Kier alpha value is -3.49. The number of carbonyl (C=O) groups is 4. The highest BCUT2D eigenvalue weighted by atomic mass is 35.5. The van der Waals surface area contributed by atoms with Crippen molar-refractivity contribution in [1.29, 1.82) is 0 Å². The second-order valence-electron chi connectivity index (χ2n) is 8.29. The van der Waals surface area contributed by atoms with Crippen LogP contribution in [-0.4, -0.2) is 68.8 Å². The zero-order valence-corrected chi connectivity index (χ0v) is 22.0. The number of ether oxygens (including phenoxy) is 2. The minimum absolute atomic E-state index is 0.0579. The highest BCUT2D eigenvalue weighted by Crippen LogP contribution is 2.33. The first-order chi connectivity index (χ1) is 18.0. The molecule has 0 bridgehead atoms. The fourth-order valence-corrected chi connectivity index (χ4v) is 4.36. The minimum Gasteiger partial charge on any atom is -0.433 e. The van der Waals surface area contributed by atoms with E-state index in [1.165, 1.54) is 23.1 Å². The molecular weight excluding hydrogens is 548 g/mol. The van der Waals surface area contributed by atoms with E-state index >= 15 is 0 Å². The van der Waals surface area contributed by atoms with E-state index in [1.54, 1.807) is 19.9 Å². The van der Waals surface area contributed by atoms with Crippen LogP contribution in [0, 0.1) is 0 Å². The Labute approximate surface area is 225 Å². The lowest BCUT2D eigenvalue weighted by atomic mass is 10.2. The molecule has 3 rings (SSSR count). The number of alkyl halides is 2. The largest absolute Gasteiger partial charge is 0.433 e. The average molecular weight is 574 g/mol. The summed E-state index contributed by atoms with van der Waals surface area (Å²) < 4.78 is 36.3. The molecule has 1 aromatic carbocycles. The molecule has 4 N–H and O–H groups in total.